The number of nitrogens with zero attached hydrogens (tertiary/aromatic N) is 1. The van der Waals surface area contributed by atoms with Crippen molar-refractivity contribution < 1.29 is 0 Å². The van der Waals surface area contributed by atoms with Crippen molar-refractivity contribution in [1.82, 2.24) is 4.98 Å². The fourth-order valence-electron chi connectivity index (χ4n) is 4.00. The average molecular weight is 386 g/mol. The lowest BCUT2D eigenvalue weighted by Crippen LogP contribution is -1.91. The number of pyridine rings is 1. The van der Waals surface area contributed by atoms with Crippen LogP contribution in [-0.2, 0) is 0 Å². The summed E-state index contributed by atoms with van der Waals surface area (Å²) in [5.74, 6) is 0. The smallest absolute Gasteiger partial charge is 0.0788 e. The van der Waals surface area contributed by atoms with E-state index in [4.69, 9.17) is 4.98 Å². The summed E-state index contributed by atoms with van der Waals surface area (Å²) < 4.78 is 0. The summed E-state index contributed by atoms with van der Waals surface area (Å²) >= 11 is 0. The molecular weight excluding hydrogens is 362 g/mol. The zero-order chi connectivity index (χ0) is 20.5. The van der Waals surface area contributed by atoms with Gasteiger partial charge >= 0.3 is 0 Å². The number of aromatic nitrogens is 1. The van der Waals surface area contributed by atoms with Gasteiger partial charge in [-0.3, -0.25) is 0 Å². The fourth-order valence-corrected chi connectivity index (χ4v) is 4.00. The zero-order valence-electron chi connectivity index (χ0n) is 17.3. The Bertz CT molecular complexity index is 1390. The van der Waals surface area contributed by atoms with E-state index < -0.39 is 0 Å². The molecule has 1 heterocycles. The number of benzene rings is 4. The minimum Gasteiger partial charge on any atom is -0.247 e. The maximum absolute atomic E-state index is 5.11. The van der Waals surface area contributed by atoms with Crippen LogP contribution in [0.1, 0.15) is 22.3 Å². The molecule has 4 aromatic carbocycles. The quantitative estimate of drug-likeness (QED) is 0.228. The lowest BCUT2D eigenvalue weighted by atomic mass is 9.97. The van der Waals surface area contributed by atoms with E-state index in [1.807, 2.05) is 6.07 Å². The van der Waals surface area contributed by atoms with Gasteiger partial charge in [0, 0.05) is 16.3 Å². The zero-order valence-corrected chi connectivity index (χ0v) is 17.3. The van der Waals surface area contributed by atoms with Crippen LogP contribution in [0.5, 0.6) is 0 Å². The fraction of sp³-hybridized carbons (Fsp3) is 0.0690. The number of aryl methyl sites for hydroxylation is 2. The van der Waals surface area contributed by atoms with Gasteiger partial charge in [-0.2, -0.15) is 0 Å². The van der Waals surface area contributed by atoms with Crippen molar-refractivity contribution in [2.24, 2.45) is 0 Å². The van der Waals surface area contributed by atoms with Gasteiger partial charge in [0.05, 0.1) is 11.2 Å². The molecule has 0 atom stereocenters. The third kappa shape index (κ3) is 3.51. The van der Waals surface area contributed by atoms with Crippen molar-refractivity contribution in [3.63, 3.8) is 0 Å². The van der Waals surface area contributed by atoms with Gasteiger partial charge in [0.1, 0.15) is 0 Å². The van der Waals surface area contributed by atoms with Crippen molar-refractivity contribution in [1.29, 1.82) is 0 Å². The molecule has 0 aliphatic carbocycles. The standard InChI is InChI=1S/C29H23N/c1-20-11-15-25-26-16-12-21(2)18-28(26)30-29(27(25)17-20)24-10-6-9-23(19-24)14-13-22-7-4-3-5-8-22/h3-19H,1-2H3/b14-13+. The van der Waals surface area contributed by atoms with Crippen LogP contribution in [0.25, 0.3) is 45.1 Å². The van der Waals surface area contributed by atoms with Gasteiger partial charge < -0.3 is 0 Å². The van der Waals surface area contributed by atoms with Gasteiger partial charge in [-0.1, -0.05) is 90.5 Å². The summed E-state index contributed by atoms with van der Waals surface area (Å²) in [4.78, 5) is 5.11. The Kier molecular flexibility index (Phi) is 4.65. The largest absolute Gasteiger partial charge is 0.247 e. The van der Waals surface area contributed by atoms with E-state index in [1.54, 1.807) is 0 Å². The highest BCUT2D eigenvalue weighted by atomic mass is 14.7. The second kappa shape index (κ2) is 7.61. The molecule has 30 heavy (non-hydrogen) atoms. The van der Waals surface area contributed by atoms with Gasteiger partial charge in [-0.05, 0) is 54.1 Å². The summed E-state index contributed by atoms with van der Waals surface area (Å²) in [6.45, 7) is 4.26. The molecule has 144 valence electrons. The van der Waals surface area contributed by atoms with Gasteiger partial charge in [0.25, 0.3) is 0 Å². The van der Waals surface area contributed by atoms with Crippen molar-refractivity contribution in [2.75, 3.05) is 0 Å². The molecule has 0 bridgehead atoms. The summed E-state index contributed by atoms with van der Waals surface area (Å²) in [5.41, 5.74) is 8.08. The van der Waals surface area contributed by atoms with Gasteiger partial charge in [0.2, 0.25) is 0 Å². The van der Waals surface area contributed by atoms with Crippen molar-refractivity contribution >= 4 is 33.8 Å². The number of fused-ring (bicyclic) bond motifs is 3. The van der Waals surface area contributed by atoms with Crippen LogP contribution in [-0.4, -0.2) is 4.98 Å². The topological polar surface area (TPSA) is 12.9 Å². The summed E-state index contributed by atoms with van der Waals surface area (Å²) in [6.07, 6.45) is 4.32. The highest BCUT2D eigenvalue weighted by Gasteiger charge is 2.11. The molecule has 0 saturated carbocycles. The molecule has 0 N–H and O–H groups in total. The van der Waals surface area contributed by atoms with Crippen molar-refractivity contribution in [3.8, 4) is 11.3 Å². The van der Waals surface area contributed by atoms with E-state index in [0.29, 0.717) is 0 Å². The molecule has 1 aromatic heterocycles. The summed E-state index contributed by atoms with van der Waals surface area (Å²) in [7, 11) is 0. The third-order valence-corrected chi connectivity index (χ3v) is 5.53. The van der Waals surface area contributed by atoms with Crippen LogP contribution in [0.15, 0.2) is 91.0 Å². The molecule has 1 heteroatoms. The minimum absolute atomic E-state index is 1.04. The Labute approximate surface area is 177 Å². The van der Waals surface area contributed by atoms with E-state index in [2.05, 4.69) is 111 Å². The molecule has 0 amide bonds. The van der Waals surface area contributed by atoms with Gasteiger partial charge in [-0.25, -0.2) is 4.98 Å². The first kappa shape index (κ1) is 18.3. The van der Waals surface area contributed by atoms with E-state index in [0.717, 1.165) is 16.8 Å². The SMILES string of the molecule is Cc1ccc2c(c1)nc(-c1cccc(/C=C/c3ccccc3)c1)c1cc(C)ccc12. The monoisotopic (exact) mass is 385 g/mol. The average Bonchev–Trinajstić information content (AvgIpc) is 2.78. The Balaban J connectivity index is 1.68. The van der Waals surface area contributed by atoms with Gasteiger partial charge in [-0.15, -0.1) is 0 Å². The van der Waals surface area contributed by atoms with Crippen molar-refractivity contribution in [3.05, 3.63) is 113 Å². The molecule has 0 spiro atoms. The van der Waals surface area contributed by atoms with Crippen LogP contribution >= 0.6 is 0 Å². The molecular formula is C29H23N. The highest BCUT2D eigenvalue weighted by Crippen LogP contribution is 2.33. The van der Waals surface area contributed by atoms with E-state index in [-0.39, 0.29) is 0 Å². The lowest BCUT2D eigenvalue weighted by molar-refractivity contribution is 1.39. The summed E-state index contributed by atoms with van der Waals surface area (Å²) in [6, 6.07) is 32.2. The highest BCUT2D eigenvalue weighted by molar-refractivity contribution is 6.11. The minimum atomic E-state index is 1.04. The van der Waals surface area contributed by atoms with Crippen LogP contribution in [0.4, 0.5) is 0 Å². The third-order valence-electron chi connectivity index (χ3n) is 5.53. The van der Waals surface area contributed by atoms with E-state index in [1.165, 1.54) is 38.4 Å². The first-order valence-electron chi connectivity index (χ1n) is 10.3. The molecule has 5 aromatic rings. The van der Waals surface area contributed by atoms with Crippen molar-refractivity contribution in [2.45, 2.75) is 13.8 Å². The Morgan fingerprint density at radius 2 is 1.27 bits per heavy atom. The maximum Gasteiger partial charge on any atom is 0.0788 e. The Morgan fingerprint density at radius 1 is 0.567 bits per heavy atom. The Morgan fingerprint density at radius 3 is 2.10 bits per heavy atom. The first-order valence-corrected chi connectivity index (χ1v) is 10.3. The maximum atomic E-state index is 5.11. The predicted octanol–water partition coefficient (Wildman–Crippen LogP) is 7.84. The lowest BCUT2D eigenvalue weighted by Gasteiger charge is -2.12. The summed E-state index contributed by atoms with van der Waals surface area (Å²) in [5, 5.41) is 3.67. The van der Waals surface area contributed by atoms with Crippen LogP contribution in [0.3, 0.4) is 0 Å². The number of hydrogen-bond acceptors (Lipinski definition) is 1. The number of hydrogen-bond donors (Lipinski definition) is 0. The van der Waals surface area contributed by atoms with Crippen LogP contribution < -0.4 is 0 Å². The van der Waals surface area contributed by atoms with E-state index in [9.17, 15) is 0 Å². The molecule has 1 nitrogen and oxygen atoms in total. The Hall–Kier alpha value is -3.71. The predicted molar refractivity (Wildman–Crippen MR) is 130 cm³/mol. The first-order chi connectivity index (χ1) is 14.7. The van der Waals surface area contributed by atoms with Crippen LogP contribution in [0, 0.1) is 13.8 Å². The molecule has 0 saturated heterocycles. The number of rotatable bonds is 3. The molecule has 0 fully saturated rings. The molecule has 0 aliphatic heterocycles. The molecule has 0 unspecified atom stereocenters. The molecule has 0 aliphatic rings. The van der Waals surface area contributed by atoms with Crippen LogP contribution in [0.2, 0.25) is 0 Å². The second-order valence-electron chi connectivity index (χ2n) is 7.90. The molecule has 5 rings (SSSR count). The normalized spacial score (nSPS) is 11.5. The van der Waals surface area contributed by atoms with Gasteiger partial charge in [0.15, 0.2) is 0 Å². The van der Waals surface area contributed by atoms with E-state index >= 15 is 0 Å². The second-order valence-corrected chi connectivity index (χ2v) is 7.90. The molecule has 0 radical (unpaired) electrons.